The minimum absolute atomic E-state index is 0.197. The summed E-state index contributed by atoms with van der Waals surface area (Å²) in [5, 5.41) is 3.34. The third-order valence-electron chi connectivity index (χ3n) is 2.08. The van der Waals surface area contributed by atoms with Crippen molar-refractivity contribution >= 4 is 5.91 Å². The molecule has 0 spiro atoms. The van der Waals surface area contributed by atoms with Crippen LogP contribution in [0.3, 0.4) is 0 Å². The van der Waals surface area contributed by atoms with Crippen molar-refractivity contribution in [3.63, 3.8) is 0 Å². The molecule has 0 aromatic rings. The van der Waals surface area contributed by atoms with Gasteiger partial charge in [-0.15, -0.1) is 6.58 Å². The Balaban J connectivity index is 3.37. The maximum atomic E-state index is 11.2. The molecule has 0 aliphatic rings. The maximum Gasteiger partial charge on any atom is 0.222 e. The molecule has 0 fully saturated rings. The highest BCUT2D eigenvalue weighted by Crippen LogP contribution is 1.95. The van der Waals surface area contributed by atoms with Gasteiger partial charge in [0.05, 0.1) is 0 Å². The Morgan fingerprint density at radius 3 is 2.71 bits per heavy atom. The standard InChI is InChI=1S/C11H22N2O/c1-5-7-10(2)12-9-6-8-11(14)13(3)4/h5,10,12H,1,6-9H2,2-4H3. The monoisotopic (exact) mass is 198 g/mol. The van der Waals surface area contributed by atoms with Crippen LogP contribution in [-0.4, -0.2) is 37.5 Å². The molecule has 3 nitrogen and oxygen atoms in total. The lowest BCUT2D eigenvalue weighted by Crippen LogP contribution is -2.28. The number of amides is 1. The smallest absolute Gasteiger partial charge is 0.222 e. The molecule has 1 N–H and O–H groups in total. The van der Waals surface area contributed by atoms with Crippen molar-refractivity contribution in [3.05, 3.63) is 12.7 Å². The summed E-state index contributed by atoms with van der Waals surface area (Å²) in [6.45, 7) is 6.70. The molecule has 0 aromatic carbocycles. The number of nitrogens with one attached hydrogen (secondary N) is 1. The normalized spacial score (nSPS) is 12.2. The molecular weight excluding hydrogens is 176 g/mol. The van der Waals surface area contributed by atoms with Gasteiger partial charge in [-0.2, -0.15) is 0 Å². The highest BCUT2D eigenvalue weighted by Gasteiger charge is 2.03. The summed E-state index contributed by atoms with van der Waals surface area (Å²) in [6.07, 6.45) is 4.41. The Labute approximate surface area is 87.2 Å². The number of hydrogen-bond acceptors (Lipinski definition) is 2. The van der Waals surface area contributed by atoms with Crippen LogP contribution >= 0.6 is 0 Å². The van der Waals surface area contributed by atoms with Crippen LogP contribution in [0.5, 0.6) is 0 Å². The van der Waals surface area contributed by atoms with E-state index in [4.69, 9.17) is 0 Å². The highest BCUT2D eigenvalue weighted by atomic mass is 16.2. The lowest BCUT2D eigenvalue weighted by Gasteiger charge is -2.12. The van der Waals surface area contributed by atoms with Crippen LogP contribution in [0.25, 0.3) is 0 Å². The first kappa shape index (κ1) is 13.2. The molecule has 1 amide bonds. The van der Waals surface area contributed by atoms with E-state index in [0.717, 1.165) is 19.4 Å². The van der Waals surface area contributed by atoms with Gasteiger partial charge in [0.1, 0.15) is 0 Å². The zero-order valence-corrected chi connectivity index (χ0v) is 9.55. The number of carbonyl (C=O) groups excluding carboxylic acids is 1. The lowest BCUT2D eigenvalue weighted by atomic mass is 10.2. The van der Waals surface area contributed by atoms with Gasteiger partial charge in [0.2, 0.25) is 5.91 Å². The summed E-state index contributed by atoms with van der Waals surface area (Å²) < 4.78 is 0. The van der Waals surface area contributed by atoms with E-state index in [2.05, 4.69) is 18.8 Å². The maximum absolute atomic E-state index is 11.2. The van der Waals surface area contributed by atoms with Crippen molar-refractivity contribution in [2.75, 3.05) is 20.6 Å². The summed E-state index contributed by atoms with van der Waals surface area (Å²) in [5.74, 6) is 0.197. The van der Waals surface area contributed by atoms with Crippen LogP contribution in [0.4, 0.5) is 0 Å². The van der Waals surface area contributed by atoms with Crippen LogP contribution in [-0.2, 0) is 4.79 Å². The van der Waals surface area contributed by atoms with Gasteiger partial charge in [0, 0.05) is 26.6 Å². The second-order valence-electron chi connectivity index (χ2n) is 3.77. The molecule has 82 valence electrons. The number of carbonyl (C=O) groups is 1. The Bertz CT molecular complexity index is 178. The molecule has 0 aromatic heterocycles. The first-order chi connectivity index (χ1) is 6.57. The largest absolute Gasteiger partial charge is 0.349 e. The zero-order chi connectivity index (χ0) is 11.0. The molecule has 1 unspecified atom stereocenters. The summed E-state index contributed by atoms with van der Waals surface area (Å²) >= 11 is 0. The minimum atomic E-state index is 0.197. The van der Waals surface area contributed by atoms with E-state index in [1.807, 2.05) is 6.08 Å². The first-order valence-corrected chi connectivity index (χ1v) is 5.12. The average Bonchev–Trinajstić information content (AvgIpc) is 2.12. The molecule has 0 aliphatic carbocycles. The summed E-state index contributed by atoms with van der Waals surface area (Å²) in [7, 11) is 3.58. The van der Waals surface area contributed by atoms with Gasteiger partial charge in [-0.1, -0.05) is 6.08 Å². The third kappa shape index (κ3) is 6.66. The van der Waals surface area contributed by atoms with E-state index in [9.17, 15) is 4.79 Å². The highest BCUT2D eigenvalue weighted by molar-refractivity contribution is 5.75. The van der Waals surface area contributed by atoms with Crippen LogP contribution < -0.4 is 5.32 Å². The van der Waals surface area contributed by atoms with E-state index >= 15 is 0 Å². The van der Waals surface area contributed by atoms with Crippen molar-refractivity contribution in [3.8, 4) is 0 Å². The molecule has 0 radical (unpaired) electrons. The fraction of sp³-hybridized carbons (Fsp3) is 0.727. The Hall–Kier alpha value is -0.830. The number of hydrogen-bond donors (Lipinski definition) is 1. The molecule has 0 rings (SSSR count). The second-order valence-corrected chi connectivity index (χ2v) is 3.77. The molecule has 0 saturated carbocycles. The van der Waals surface area contributed by atoms with Crippen molar-refractivity contribution in [1.82, 2.24) is 10.2 Å². The topological polar surface area (TPSA) is 32.3 Å². The lowest BCUT2D eigenvalue weighted by molar-refractivity contribution is -0.128. The second kappa shape index (κ2) is 7.56. The fourth-order valence-corrected chi connectivity index (χ4v) is 1.15. The minimum Gasteiger partial charge on any atom is -0.349 e. The van der Waals surface area contributed by atoms with E-state index in [0.29, 0.717) is 12.5 Å². The molecule has 0 aliphatic heterocycles. The van der Waals surface area contributed by atoms with Gasteiger partial charge in [0.15, 0.2) is 0 Å². The number of nitrogens with zero attached hydrogens (tertiary/aromatic N) is 1. The third-order valence-corrected chi connectivity index (χ3v) is 2.08. The van der Waals surface area contributed by atoms with Crippen LogP contribution in [0.2, 0.25) is 0 Å². The summed E-state index contributed by atoms with van der Waals surface area (Å²) in [4.78, 5) is 12.8. The van der Waals surface area contributed by atoms with E-state index in [1.54, 1.807) is 19.0 Å². The van der Waals surface area contributed by atoms with E-state index < -0.39 is 0 Å². The first-order valence-electron chi connectivity index (χ1n) is 5.12. The van der Waals surface area contributed by atoms with Gasteiger partial charge in [-0.3, -0.25) is 4.79 Å². The van der Waals surface area contributed by atoms with Gasteiger partial charge < -0.3 is 10.2 Å². The molecular formula is C11H22N2O. The van der Waals surface area contributed by atoms with Gasteiger partial charge >= 0.3 is 0 Å². The zero-order valence-electron chi connectivity index (χ0n) is 9.55. The predicted octanol–water partition coefficient (Wildman–Crippen LogP) is 1.41. The molecule has 14 heavy (non-hydrogen) atoms. The molecule has 0 bridgehead atoms. The Morgan fingerprint density at radius 1 is 1.57 bits per heavy atom. The van der Waals surface area contributed by atoms with E-state index in [-0.39, 0.29) is 5.91 Å². The van der Waals surface area contributed by atoms with Crippen molar-refractivity contribution in [2.45, 2.75) is 32.2 Å². The van der Waals surface area contributed by atoms with Crippen LogP contribution in [0.15, 0.2) is 12.7 Å². The van der Waals surface area contributed by atoms with Gasteiger partial charge in [-0.05, 0) is 26.3 Å². The quantitative estimate of drug-likeness (QED) is 0.495. The van der Waals surface area contributed by atoms with Crippen molar-refractivity contribution in [2.24, 2.45) is 0 Å². The van der Waals surface area contributed by atoms with Crippen molar-refractivity contribution in [1.29, 1.82) is 0 Å². The average molecular weight is 198 g/mol. The summed E-state index contributed by atoms with van der Waals surface area (Å²) in [5.41, 5.74) is 0. The Kier molecular flexibility index (Phi) is 7.11. The van der Waals surface area contributed by atoms with E-state index in [1.165, 1.54) is 0 Å². The fourth-order valence-electron chi connectivity index (χ4n) is 1.15. The molecule has 3 heteroatoms. The Morgan fingerprint density at radius 2 is 2.21 bits per heavy atom. The predicted molar refractivity (Wildman–Crippen MR) is 60.2 cm³/mol. The van der Waals surface area contributed by atoms with Crippen LogP contribution in [0, 0.1) is 0 Å². The SMILES string of the molecule is C=CCC(C)NCCCC(=O)N(C)C. The van der Waals surface area contributed by atoms with Crippen LogP contribution in [0.1, 0.15) is 26.2 Å². The van der Waals surface area contributed by atoms with Crippen molar-refractivity contribution < 1.29 is 4.79 Å². The summed E-state index contributed by atoms with van der Waals surface area (Å²) in [6, 6.07) is 0.460. The van der Waals surface area contributed by atoms with Gasteiger partial charge in [-0.25, -0.2) is 0 Å². The molecule has 0 saturated heterocycles. The molecule has 0 heterocycles. The number of rotatable bonds is 7. The molecule has 1 atom stereocenters. The van der Waals surface area contributed by atoms with Gasteiger partial charge in [0.25, 0.3) is 0 Å².